The Morgan fingerprint density at radius 1 is 1.24 bits per heavy atom. The van der Waals surface area contributed by atoms with E-state index in [1.54, 1.807) is 24.3 Å². The first-order valence-corrected chi connectivity index (χ1v) is 9.65. The molecule has 0 saturated heterocycles. The van der Waals surface area contributed by atoms with E-state index in [1.165, 1.54) is 11.3 Å². The lowest BCUT2D eigenvalue weighted by Gasteiger charge is -2.10. The average molecular weight is 389 g/mol. The molecule has 0 radical (unpaired) electrons. The van der Waals surface area contributed by atoms with E-state index in [1.807, 2.05) is 19.2 Å². The highest BCUT2D eigenvalue weighted by Crippen LogP contribution is 2.28. The Morgan fingerprint density at radius 2 is 1.90 bits per heavy atom. The molecule has 2 aromatic rings. The van der Waals surface area contributed by atoms with Crippen molar-refractivity contribution in [2.24, 2.45) is 0 Å². The normalized spacial score (nSPS) is 11.6. The third-order valence-corrected chi connectivity index (χ3v) is 6.26. The SMILES string of the molecule is CCNCc1scc(C)c1S(=O)(=O)Nc1ccc(Br)cc1. The van der Waals surface area contributed by atoms with Gasteiger partial charge in [0.15, 0.2) is 0 Å². The van der Waals surface area contributed by atoms with Gasteiger partial charge in [-0.1, -0.05) is 22.9 Å². The van der Waals surface area contributed by atoms with Gasteiger partial charge in [0, 0.05) is 21.6 Å². The van der Waals surface area contributed by atoms with Gasteiger partial charge in [0.1, 0.15) is 4.90 Å². The van der Waals surface area contributed by atoms with Crippen molar-refractivity contribution in [3.63, 3.8) is 0 Å². The Labute approximate surface area is 137 Å². The van der Waals surface area contributed by atoms with Gasteiger partial charge in [-0.2, -0.15) is 0 Å². The quantitative estimate of drug-likeness (QED) is 0.792. The van der Waals surface area contributed by atoms with Crippen molar-refractivity contribution >= 4 is 43.0 Å². The van der Waals surface area contributed by atoms with Gasteiger partial charge in [0.25, 0.3) is 10.0 Å². The number of rotatable bonds is 6. The van der Waals surface area contributed by atoms with Crippen LogP contribution in [-0.4, -0.2) is 15.0 Å². The summed E-state index contributed by atoms with van der Waals surface area (Å²) in [7, 11) is -3.57. The molecule has 0 aliphatic heterocycles. The number of halogens is 1. The van der Waals surface area contributed by atoms with Crippen LogP contribution in [0.25, 0.3) is 0 Å². The van der Waals surface area contributed by atoms with Gasteiger partial charge in [-0.05, 0) is 48.7 Å². The first-order chi connectivity index (χ1) is 9.94. The van der Waals surface area contributed by atoms with Gasteiger partial charge in [-0.25, -0.2) is 8.42 Å². The average Bonchev–Trinajstić information content (AvgIpc) is 2.81. The summed E-state index contributed by atoms with van der Waals surface area (Å²) in [5, 5.41) is 5.05. The number of aryl methyl sites for hydroxylation is 1. The number of nitrogens with one attached hydrogen (secondary N) is 2. The fraction of sp³-hybridized carbons (Fsp3) is 0.286. The smallest absolute Gasteiger partial charge is 0.263 e. The molecule has 0 atom stereocenters. The molecule has 2 N–H and O–H groups in total. The molecule has 0 amide bonds. The summed E-state index contributed by atoms with van der Waals surface area (Å²) < 4.78 is 28.8. The van der Waals surface area contributed by atoms with E-state index < -0.39 is 10.0 Å². The van der Waals surface area contributed by atoms with E-state index in [4.69, 9.17) is 0 Å². The number of hydrogen-bond donors (Lipinski definition) is 2. The summed E-state index contributed by atoms with van der Waals surface area (Å²) in [6.45, 7) is 5.18. The second-order valence-electron chi connectivity index (χ2n) is 4.56. The molecule has 21 heavy (non-hydrogen) atoms. The second-order valence-corrected chi connectivity index (χ2v) is 8.06. The highest BCUT2D eigenvalue weighted by molar-refractivity contribution is 9.10. The highest BCUT2D eigenvalue weighted by Gasteiger charge is 2.22. The number of sulfonamides is 1. The van der Waals surface area contributed by atoms with E-state index in [-0.39, 0.29) is 0 Å². The molecule has 114 valence electrons. The third-order valence-electron chi connectivity index (χ3n) is 2.89. The lowest BCUT2D eigenvalue weighted by molar-refractivity contribution is 0.599. The molecule has 1 heterocycles. The molecule has 0 aliphatic carbocycles. The highest BCUT2D eigenvalue weighted by atomic mass is 79.9. The van der Waals surface area contributed by atoms with Crippen molar-refractivity contribution in [2.75, 3.05) is 11.3 Å². The molecule has 7 heteroatoms. The topological polar surface area (TPSA) is 58.2 Å². The van der Waals surface area contributed by atoms with E-state index >= 15 is 0 Å². The minimum atomic E-state index is -3.57. The number of anilines is 1. The Balaban J connectivity index is 2.31. The number of thiophene rings is 1. The van der Waals surface area contributed by atoms with Gasteiger partial charge in [0.05, 0.1) is 0 Å². The maximum absolute atomic E-state index is 12.6. The molecule has 1 aromatic heterocycles. The molecule has 4 nitrogen and oxygen atoms in total. The van der Waals surface area contributed by atoms with Crippen molar-refractivity contribution in [1.29, 1.82) is 0 Å². The third kappa shape index (κ3) is 4.06. The predicted octanol–water partition coefficient (Wildman–Crippen LogP) is 3.73. The molecule has 0 fully saturated rings. The summed E-state index contributed by atoms with van der Waals surface area (Å²) >= 11 is 4.80. The standard InChI is InChI=1S/C14H17BrN2O2S2/c1-3-16-8-13-14(10(2)9-20-13)21(18,19)17-12-6-4-11(15)5-7-12/h4-7,9,16-17H,3,8H2,1-2H3. The molecular weight excluding hydrogens is 372 g/mol. The summed E-state index contributed by atoms with van der Waals surface area (Å²) in [5.74, 6) is 0. The first-order valence-electron chi connectivity index (χ1n) is 6.50. The van der Waals surface area contributed by atoms with Gasteiger partial charge < -0.3 is 5.32 Å². The fourth-order valence-electron chi connectivity index (χ4n) is 1.93. The predicted molar refractivity (Wildman–Crippen MR) is 91.4 cm³/mol. The number of benzene rings is 1. The molecule has 1 aromatic carbocycles. The lowest BCUT2D eigenvalue weighted by atomic mass is 10.3. The maximum Gasteiger partial charge on any atom is 0.263 e. The second kappa shape index (κ2) is 6.91. The lowest BCUT2D eigenvalue weighted by Crippen LogP contribution is -2.18. The Kier molecular flexibility index (Phi) is 5.43. The zero-order chi connectivity index (χ0) is 15.5. The van der Waals surface area contributed by atoms with Crippen molar-refractivity contribution in [2.45, 2.75) is 25.3 Å². The van der Waals surface area contributed by atoms with Crippen molar-refractivity contribution in [3.8, 4) is 0 Å². The Bertz CT molecular complexity index is 709. The van der Waals surface area contributed by atoms with Gasteiger partial charge >= 0.3 is 0 Å². The largest absolute Gasteiger partial charge is 0.312 e. The summed E-state index contributed by atoms with van der Waals surface area (Å²) in [4.78, 5) is 1.22. The summed E-state index contributed by atoms with van der Waals surface area (Å²) in [6, 6.07) is 7.07. The van der Waals surface area contributed by atoms with E-state index in [2.05, 4.69) is 26.0 Å². The van der Waals surface area contributed by atoms with E-state index in [0.717, 1.165) is 21.5 Å². The van der Waals surface area contributed by atoms with E-state index in [9.17, 15) is 8.42 Å². The van der Waals surface area contributed by atoms with Crippen LogP contribution in [0.2, 0.25) is 0 Å². The van der Waals surface area contributed by atoms with Crippen molar-refractivity contribution in [1.82, 2.24) is 5.32 Å². The van der Waals surface area contributed by atoms with Crippen LogP contribution < -0.4 is 10.0 Å². The zero-order valence-electron chi connectivity index (χ0n) is 11.8. The summed E-state index contributed by atoms with van der Waals surface area (Å²) in [6.07, 6.45) is 0. The van der Waals surface area contributed by atoms with Crippen LogP contribution >= 0.6 is 27.3 Å². The van der Waals surface area contributed by atoms with Gasteiger partial charge in [-0.3, -0.25) is 4.72 Å². The van der Waals surface area contributed by atoms with Crippen LogP contribution in [0.1, 0.15) is 17.4 Å². The Morgan fingerprint density at radius 3 is 2.52 bits per heavy atom. The van der Waals surface area contributed by atoms with Crippen LogP contribution in [0.5, 0.6) is 0 Å². The minimum Gasteiger partial charge on any atom is -0.312 e. The van der Waals surface area contributed by atoms with Crippen LogP contribution in [0.3, 0.4) is 0 Å². The molecule has 0 spiro atoms. The molecule has 0 saturated carbocycles. The maximum atomic E-state index is 12.6. The molecule has 2 rings (SSSR count). The van der Waals surface area contributed by atoms with Crippen LogP contribution in [0, 0.1) is 6.92 Å². The van der Waals surface area contributed by atoms with Crippen molar-refractivity contribution in [3.05, 3.63) is 44.6 Å². The van der Waals surface area contributed by atoms with Crippen LogP contribution in [-0.2, 0) is 16.6 Å². The van der Waals surface area contributed by atoms with Gasteiger partial charge in [-0.15, -0.1) is 11.3 Å². The monoisotopic (exact) mass is 388 g/mol. The molecular formula is C14H17BrN2O2S2. The van der Waals surface area contributed by atoms with Gasteiger partial charge in [0.2, 0.25) is 0 Å². The molecule has 0 unspecified atom stereocenters. The first kappa shape index (κ1) is 16.5. The Hall–Kier alpha value is -0.890. The fourth-order valence-corrected chi connectivity index (χ4v) is 5.04. The summed E-state index contributed by atoms with van der Waals surface area (Å²) in [5.41, 5.74) is 1.33. The van der Waals surface area contributed by atoms with Crippen LogP contribution in [0.4, 0.5) is 5.69 Å². The molecule has 0 aliphatic rings. The minimum absolute atomic E-state index is 0.386. The molecule has 0 bridgehead atoms. The zero-order valence-corrected chi connectivity index (χ0v) is 15.0. The number of hydrogen-bond acceptors (Lipinski definition) is 4. The van der Waals surface area contributed by atoms with Crippen LogP contribution in [0.15, 0.2) is 39.0 Å². The van der Waals surface area contributed by atoms with Crippen molar-refractivity contribution < 1.29 is 8.42 Å². The van der Waals surface area contributed by atoms with E-state index in [0.29, 0.717) is 17.1 Å².